The number of thioether (sulfide) groups is 1. The number of rotatable bonds is 8. The Morgan fingerprint density at radius 2 is 1.88 bits per heavy atom. The number of hydrogen-bond acceptors (Lipinski definition) is 5. The number of imidazole rings is 1. The van der Waals surface area contributed by atoms with Gasteiger partial charge < -0.3 is 9.30 Å². The summed E-state index contributed by atoms with van der Waals surface area (Å²) in [5.41, 5.74) is 6.35. The summed E-state index contributed by atoms with van der Waals surface area (Å²) in [6, 6.07) is 23.1. The number of methoxy groups -OCH3 is 1. The molecule has 0 bridgehead atoms. The van der Waals surface area contributed by atoms with Gasteiger partial charge in [0.25, 0.3) is 5.91 Å². The van der Waals surface area contributed by atoms with Crippen molar-refractivity contribution in [2.75, 3.05) is 12.9 Å². The Morgan fingerprint density at radius 1 is 1.12 bits per heavy atom. The topological polar surface area (TPSA) is 68.5 Å². The van der Waals surface area contributed by atoms with Crippen LogP contribution in [-0.2, 0) is 11.3 Å². The lowest BCUT2D eigenvalue weighted by molar-refractivity contribution is -0.118. The molecule has 6 nitrogen and oxygen atoms in total. The minimum Gasteiger partial charge on any atom is -0.496 e. The molecule has 8 heteroatoms. The van der Waals surface area contributed by atoms with Gasteiger partial charge >= 0.3 is 0 Å². The van der Waals surface area contributed by atoms with Gasteiger partial charge in [-0.2, -0.15) is 5.10 Å². The summed E-state index contributed by atoms with van der Waals surface area (Å²) in [6.07, 6.45) is 1.57. The molecule has 162 valence electrons. The molecule has 4 rings (SSSR count). The van der Waals surface area contributed by atoms with Crippen LogP contribution < -0.4 is 10.2 Å². The lowest BCUT2D eigenvalue weighted by atomic mass is 10.2. The fraction of sp³-hybridized carbons (Fsp3) is 0.125. The van der Waals surface area contributed by atoms with Gasteiger partial charge in [0.2, 0.25) is 0 Å². The molecule has 32 heavy (non-hydrogen) atoms. The number of nitrogens with one attached hydrogen (secondary N) is 1. The predicted molar refractivity (Wildman–Crippen MR) is 130 cm³/mol. The van der Waals surface area contributed by atoms with E-state index in [4.69, 9.17) is 21.3 Å². The first-order valence-corrected chi connectivity index (χ1v) is 11.3. The van der Waals surface area contributed by atoms with Crippen molar-refractivity contribution in [2.45, 2.75) is 11.7 Å². The quantitative estimate of drug-likeness (QED) is 0.226. The Morgan fingerprint density at radius 3 is 2.69 bits per heavy atom. The second kappa shape index (κ2) is 10.3. The Kier molecular flexibility index (Phi) is 7.09. The van der Waals surface area contributed by atoms with Crippen LogP contribution in [0.3, 0.4) is 0 Å². The highest BCUT2D eigenvalue weighted by atomic mass is 35.5. The van der Waals surface area contributed by atoms with E-state index in [9.17, 15) is 4.79 Å². The molecule has 1 N–H and O–H groups in total. The maximum absolute atomic E-state index is 12.4. The highest BCUT2D eigenvalue weighted by molar-refractivity contribution is 7.99. The summed E-state index contributed by atoms with van der Waals surface area (Å²) in [4.78, 5) is 17.1. The first kappa shape index (κ1) is 21.9. The molecule has 1 aromatic heterocycles. The van der Waals surface area contributed by atoms with Crippen molar-refractivity contribution in [1.82, 2.24) is 15.0 Å². The maximum atomic E-state index is 12.4. The summed E-state index contributed by atoms with van der Waals surface area (Å²) < 4.78 is 7.38. The van der Waals surface area contributed by atoms with E-state index < -0.39 is 0 Å². The van der Waals surface area contributed by atoms with Crippen LogP contribution in [0.2, 0.25) is 5.02 Å². The van der Waals surface area contributed by atoms with Crippen molar-refractivity contribution in [3.05, 3.63) is 88.9 Å². The molecule has 4 aromatic rings. The summed E-state index contributed by atoms with van der Waals surface area (Å²) in [7, 11) is 1.60. The highest BCUT2D eigenvalue weighted by Crippen LogP contribution is 2.25. The van der Waals surface area contributed by atoms with Crippen molar-refractivity contribution in [1.29, 1.82) is 0 Å². The predicted octanol–water partition coefficient (Wildman–Crippen LogP) is 4.99. The molecule has 0 saturated carbocycles. The number of amides is 1. The third-order valence-corrected chi connectivity index (χ3v) is 5.97. The number of nitrogens with zero attached hydrogens (tertiary/aromatic N) is 3. The Balaban J connectivity index is 1.45. The molecular formula is C24H21ClN4O2S. The average Bonchev–Trinajstić information content (AvgIpc) is 3.17. The van der Waals surface area contributed by atoms with Gasteiger partial charge in [-0.05, 0) is 42.0 Å². The van der Waals surface area contributed by atoms with Crippen LogP contribution in [0.4, 0.5) is 0 Å². The lowest BCUT2D eigenvalue weighted by Crippen LogP contribution is -2.20. The molecule has 0 atom stereocenters. The molecule has 0 aliphatic heterocycles. The molecule has 1 heterocycles. The van der Waals surface area contributed by atoms with Crippen LogP contribution in [0.25, 0.3) is 11.0 Å². The van der Waals surface area contributed by atoms with Gasteiger partial charge in [0.1, 0.15) is 5.75 Å². The Hall–Kier alpha value is -3.29. The van der Waals surface area contributed by atoms with Crippen molar-refractivity contribution in [3.63, 3.8) is 0 Å². The summed E-state index contributed by atoms with van der Waals surface area (Å²) in [5, 5.41) is 5.51. The average molecular weight is 465 g/mol. The van der Waals surface area contributed by atoms with Crippen molar-refractivity contribution >= 4 is 46.5 Å². The Bertz CT molecular complexity index is 1250. The highest BCUT2D eigenvalue weighted by Gasteiger charge is 2.13. The molecule has 0 aliphatic carbocycles. The standard InChI is InChI=1S/C24H21ClN4O2S/c1-31-22-9-5-2-6-18(22)14-26-28-23(30)16-32-24-27-20-7-3-4-8-21(20)29(24)15-17-10-12-19(25)13-11-17/h2-14H,15-16H2,1H3,(H,28,30)/b26-14-. The SMILES string of the molecule is COc1ccccc1/C=N\NC(=O)CSc1nc2ccccc2n1Cc1ccc(Cl)cc1. The largest absolute Gasteiger partial charge is 0.496 e. The van der Waals surface area contributed by atoms with E-state index in [1.807, 2.05) is 72.8 Å². The zero-order valence-corrected chi connectivity index (χ0v) is 18.9. The van der Waals surface area contributed by atoms with Gasteiger partial charge in [0.15, 0.2) is 5.16 Å². The van der Waals surface area contributed by atoms with Crippen LogP contribution in [0.15, 0.2) is 83.1 Å². The van der Waals surface area contributed by atoms with Crippen LogP contribution in [-0.4, -0.2) is 34.5 Å². The third-order valence-electron chi connectivity index (χ3n) is 4.74. The number of carbonyl (C=O) groups excluding carboxylic acids is 1. The molecule has 3 aromatic carbocycles. The molecule has 1 amide bonds. The monoisotopic (exact) mass is 464 g/mol. The number of ether oxygens (including phenoxy) is 1. The van der Waals surface area contributed by atoms with E-state index >= 15 is 0 Å². The molecule has 0 fully saturated rings. The minimum atomic E-state index is -0.216. The van der Waals surface area contributed by atoms with E-state index in [1.54, 1.807) is 13.3 Å². The van der Waals surface area contributed by atoms with Gasteiger partial charge in [-0.25, -0.2) is 10.4 Å². The number of fused-ring (bicyclic) bond motifs is 1. The molecular weight excluding hydrogens is 444 g/mol. The fourth-order valence-electron chi connectivity index (χ4n) is 3.20. The second-order valence-electron chi connectivity index (χ2n) is 6.92. The fourth-order valence-corrected chi connectivity index (χ4v) is 4.13. The molecule has 0 unspecified atom stereocenters. The number of carbonyl (C=O) groups is 1. The lowest BCUT2D eigenvalue weighted by Gasteiger charge is -2.09. The van der Waals surface area contributed by atoms with Crippen LogP contribution in [0.1, 0.15) is 11.1 Å². The van der Waals surface area contributed by atoms with Gasteiger partial charge in [0.05, 0.1) is 36.7 Å². The molecule has 0 radical (unpaired) electrons. The normalized spacial score (nSPS) is 11.2. The van der Waals surface area contributed by atoms with Crippen LogP contribution >= 0.6 is 23.4 Å². The minimum absolute atomic E-state index is 0.188. The van der Waals surface area contributed by atoms with E-state index in [-0.39, 0.29) is 11.7 Å². The Labute approximate surface area is 195 Å². The van der Waals surface area contributed by atoms with Gasteiger partial charge in [0, 0.05) is 10.6 Å². The van der Waals surface area contributed by atoms with E-state index in [0.29, 0.717) is 17.3 Å². The van der Waals surface area contributed by atoms with Crippen LogP contribution in [0.5, 0.6) is 5.75 Å². The van der Waals surface area contributed by atoms with E-state index in [0.717, 1.165) is 27.3 Å². The number of para-hydroxylation sites is 3. The first-order chi connectivity index (χ1) is 15.6. The molecule has 0 spiro atoms. The summed E-state index contributed by atoms with van der Waals surface area (Å²) >= 11 is 7.39. The number of hydrazone groups is 1. The number of benzene rings is 3. The van der Waals surface area contributed by atoms with Crippen molar-refractivity contribution < 1.29 is 9.53 Å². The zero-order chi connectivity index (χ0) is 22.3. The zero-order valence-electron chi connectivity index (χ0n) is 17.4. The van der Waals surface area contributed by atoms with Gasteiger partial charge in [-0.15, -0.1) is 0 Å². The van der Waals surface area contributed by atoms with Gasteiger partial charge in [-0.3, -0.25) is 4.79 Å². The maximum Gasteiger partial charge on any atom is 0.250 e. The third kappa shape index (κ3) is 5.30. The van der Waals surface area contributed by atoms with E-state index in [1.165, 1.54) is 11.8 Å². The van der Waals surface area contributed by atoms with Crippen molar-refractivity contribution in [3.8, 4) is 5.75 Å². The summed E-state index contributed by atoms with van der Waals surface area (Å²) in [6.45, 7) is 0.633. The second-order valence-corrected chi connectivity index (χ2v) is 8.30. The number of halogens is 1. The molecule has 0 saturated heterocycles. The van der Waals surface area contributed by atoms with Crippen LogP contribution in [0, 0.1) is 0 Å². The number of hydrogen-bond donors (Lipinski definition) is 1. The van der Waals surface area contributed by atoms with Crippen molar-refractivity contribution in [2.24, 2.45) is 5.10 Å². The first-order valence-electron chi connectivity index (χ1n) is 9.91. The summed E-state index contributed by atoms with van der Waals surface area (Å²) in [5.74, 6) is 0.662. The van der Waals surface area contributed by atoms with E-state index in [2.05, 4.69) is 15.1 Å². The smallest absolute Gasteiger partial charge is 0.250 e. The van der Waals surface area contributed by atoms with Gasteiger partial charge in [-0.1, -0.05) is 59.8 Å². The number of aromatic nitrogens is 2. The molecule has 0 aliphatic rings.